The lowest BCUT2D eigenvalue weighted by molar-refractivity contribution is 0.122. The number of benzene rings is 1. The Morgan fingerprint density at radius 1 is 1.14 bits per heavy atom. The van der Waals surface area contributed by atoms with Crippen molar-refractivity contribution in [3.8, 4) is 5.75 Å². The van der Waals surface area contributed by atoms with Crippen LogP contribution < -0.4 is 10.5 Å². The van der Waals surface area contributed by atoms with Gasteiger partial charge in [-0.05, 0) is 67.1 Å². The van der Waals surface area contributed by atoms with Gasteiger partial charge in [0.2, 0.25) is 0 Å². The van der Waals surface area contributed by atoms with Crippen LogP contribution in [0.15, 0.2) is 24.3 Å². The van der Waals surface area contributed by atoms with Gasteiger partial charge >= 0.3 is 0 Å². The van der Waals surface area contributed by atoms with Gasteiger partial charge in [-0.15, -0.1) is 0 Å². The molecule has 2 heteroatoms. The topological polar surface area (TPSA) is 35.2 Å². The molecule has 0 radical (unpaired) electrons. The maximum atomic E-state index is 6.37. The van der Waals surface area contributed by atoms with Gasteiger partial charge in [0.25, 0.3) is 0 Å². The van der Waals surface area contributed by atoms with Crippen LogP contribution in [0.4, 0.5) is 0 Å². The van der Waals surface area contributed by atoms with Crippen LogP contribution in [0, 0.1) is 17.3 Å². The van der Waals surface area contributed by atoms with Gasteiger partial charge in [0, 0.05) is 6.04 Å². The van der Waals surface area contributed by atoms with E-state index in [4.69, 9.17) is 10.5 Å². The molecule has 1 saturated carbocycles. The summed E-state index contributed by atoms with van der Waals surface area (Å²) in [6.45, 7) is 7.11. The van der Waals surface area contributed by atoms with Crippen molar-refractivity contribution in [2.45, 2.75) is 58.9 Å². The molecule has 1 fully saturated rings. The molecule has 1 aliphatic rings. The van der Waals surface area contributed by atoms with E-state index in [1.807, 2.05) is 12.1 Å². The standard InChI is InChI=1S/C19H31NO/c1-19(2,3)16-9-12-18(20)15(13-16)8-5-14-6-10-17(21-4)11-7-14/h6-7,10-11,15-16,18H,5,8-9,12-13,20H2,1-4H3. The average molecular weight is 289 g/mol. The highest BCUT2D eigenvalue weighted by Gasteiger charge is 2.33. The Kier molecular flexibility index (Phi) is 5.32. The number of methoxy groups -OCH3 is 1. The van der Waals surface area contributed by atoms with E-state index in [1.54, 1.807) is 7.11 Å². The van der Waals surface area contributed by atoms with E-state index in [-0.39, 0.29) is 0 Å². The van der Waals surface area contributed by atoms with E-state index >= 15 is 0 Å². The highest BCUT2D eigenvalue weighted by atomic mass is 16.5. The zero-order valence-electron chi connectivity index (χ0n) is 14.1. The van der Waals surface area contributed by atoms with Gasteiger partial charge in [-0.25, -0.2) is 0 Å². The van der Waals surface area contributed by atoms with E-state index in [0.29, 0.717) is 17.4 Å². The second-order valence-electron chi connectivity index (χ2n) is 7.69. The van der Waals surface area contributed by atoms with E-state index in [1.165, 1.54) is 31.2 Å². The van der Waals surface area contributed by atoms with E-state index in [2.05, 4.69) is 32.9 Å². The SMILES string of the molecule is COc1ccc(CCC2CC(C(C)(C)C)CCC2N)cc1. The Hall–Kier alpha value is -1.02. The average Bonchev–Trinajstić information content (AvgIpc) is 2.45. The number of aryl methyl sites for hydroxylation is 1. The molecule has 21 heavy (non-hydrogen) atoms. The van der Waals surface area contributed by atoms with Crippen molar-refractivity contribution < 1.29 is 4.74 Å². The first kappa shape index (κ1) is 16.4. The molecule has 0 amide bonds. The van der Waals surface area contributed by atoms with Gasteiger partial charge in [0.1, 0.15) is 5.75 Å². The van der Waals surface area contributed by atoms with Crippen molar-refractivity contribution in [3.05, 3.63) is 29.8 Å². The third kappa shape index (κ3) is 4.47. The molecular weight excluding hydrogens is 258 g/mol. The summed E-state index contributed by atoms with van der Waals surface area (Å²) in [4.78, 5) is 0. The lowest BCUT2D eigenvalue weighted by Gasteiger charge is -2.40. The molecule has 3 atom stereocenters. The number of hydrogen-bond donors (Lipinski definition) is 1. The Morgan fingerprint density at radius 2 is 1.81 bits per heavy atom. The molecule has 1 aromatic carbocycles. The highest BCUT2D eigenvalue weighted by molar-refractivity contribution is 5.27. The van der Waals surface area contributed by atoms with Gasteiger partial charge in [-0.3, -0.25) is 0 Å². The molecule has 0 aromatic heterocycles. The van der Waals surface area contributed by atoms with Gasteiger partial charge in [-0.2, -0.15) is 0 Å². The first-order valence-corrected chi connectivity index (χ1v) is 8.28. The summed E-state index contributed by atoms with van der Waals surface area (Å²) in [7, 11) is 1.71. The first-order valence-electron chi connectivity index (χ1n) is 8.28. The summed E-state index contributed by atoms with van der Waals surface area (Å²) in [6, 6.07) is 8.84. The summed E-state index contributed by atoms with van der Waals surface area (Å²) in [6.07, 6.45) is 6.11. The second-order valence-corrected chi connectivity index (χ2v) is 7.69. The molecule has 1 aromatic rings. The summed E-state index contributed by atoms with van der Waals surface area (Å²) >= 11 is 0. The minimum absolute atomic E-state index is 0.391. The fraction of sp³-hybridized carbons (Fsp3) is 0.684. The minimum Gasteiger partial charge on any atom is -0.497 e. The van der Waals surface area contributed by atoms with Crippen LogP contribution in [-0.2, 0) is 6.42 Å². The van der Waals surface area contributed by atoms with Crippen molar-refractivity contribution in [2.24, 2.45) is 23.0 Å². The van der Waals surface area contributed by atoms with Gasteiger partial charge < -0.3 is 10.5 Å². The Morgan fingerprint density at radius 3 is 2.38 bits per heavy atom. The number of rotatable bonds is 4. The van der Waals surface area contributed by atoms with E-state index in [0.717, 1.165) is 18.1 Å². The Balaban J connectivity index is 1.91. The van der Waals surface area contributed by atoms with Gasteiger partial charge in [-0.1, -0.05) is 32.9 Å². The predicted octanol–water partition coefficient (Wildman–Crippen LogP) is 4.42. The molecule has 2 N–H and O–H groups in total. The monoisotopic (exact) mass is 289 g/mol. The van der Waals surface area contributed by atoms with Crippen molar-refractivity contribution in [1.82, 2.24) is 0 Å². The van der Waals surface area contributed by atoms with Crippen LogP contribution in [0.1, 0.15) is 52.0 Å². The zero-order chi connectivity index (χ0) is 15.5. The lowest BCUT2D eigenvalue weighted by Crippen LogP contribution is -2.39. The summed E-state index contributed by atoms with van der Waals surface area (Å²) < 4.78 is 5.21. The zero-order valence-corrected chi connectivity index (χ0v) is 14.1. The third-order valence-corrected chi connectivity index (χ3v) is 5.23. The normalized spacial score (nSPS) is 26.6. The molecule has 0 heterocycles. The third-order valence-electron chi connectivity index (χ3n) is 5.23. The van der Waals surface area contributed by atoms with Crippen LogP contribution in [0.3, 0.4) is 0 Å². The largest absolute Gasteiger partial charge is 0.497 e. The molecule has 3 unspecified atom stereocenters. The van der Waals surface area contributed by atoms with Gasteiger partial charge in [0.15, 0.2) is 0 Å². The summed E-state index contributed by atoms with van der Waals surface area (Å²) in [5, 5.41) is 0. The Bertz CT molecular complexity index is 432. The van der Waals surface area contributed by atoms with Crippen molar-refractivity contribution in [1.29, 1.82) is 0 Å². The summed E-state index contributed by atoms with van der Waals surface area (Å²) in [5.74, 6) is 2.42. The molecule has 118 valence electrons. The molecule has 0 aliphatic heterocycles. The number of hydrogen-bond acceptors (Lipinski definition) is 2. The van der Waals surface area contributed by atoms with Gasteiger partial charge in [0.05, 0.1) is 7.11 Å². The fourth-order valence-corrected chi connectivity index (χ4v) is 3.55. The molecular formula is C19H31NO. The molecule has 0 bridgehead atoms. The molecule has 1 aliphatic carbocycles. The van der Waals surface area contributed by atoms with Crippen molar-refractivity contribution >= 4 is 0 Å². The van der Waals surface area contributed by atoms with Crippen molar-refractivity contribution in [3.63, 3.8) is 0 Å². The van der Waals surface area contributed by atoms with Crippen LogP contribution >= 0.6 is 0 Å². The molecule has 0 saturated heterocycles. The van der Waals surface area contributed by atoms with Crippen molar-refractivity contribution in [2.75, 3.05) is 7.11 Å². The second kappa shape index (κ2) is 6.83. The quantitative estimate of drug-likeness (QED) is 0.890. The smallest absolute Gasteiger partial charge is 0.118 e. The lowest BCUT2D eigenvalue weighted by atomic mass is 9.66. The maximum absolute atomic E-state index is 6.37. The van der Waals surface area contributed by atoms with Crippen LogP contribution in [0.2, 0.25) is 0 Å². The predicted molar refractivity (Wildman–Crippen MR) is 89.6 cm³/mol. The minimum atomic E-state index is 0.391. The Labute approximate surface area is 130 Å². The van der Waals surface area contributed by atoms with Crippen LogP contribution in [0.25, 0.3) is 0 Å². The molecule has 2 rings (SSSR count). The van der Waals surface area contributed by atoms with Crippen LogP contribution in [-0.4, -0.2) is 13.2 Å². The highest BCUT2D eigenvalue weighted by Crippen LogP contribution is 2.41. The van der Waals surface area contributed by atoms with Crippen LogP contribution in [0.5, 0.6) is 5.75 Å². The first-order chi connectivity index (χ1) is 9.90. The summed E-state index contributed by atoms with van der Waals surface area (Å²) in [5.41, 5.74) is 8.18. The maximum Gasteiger partial charge on any atom is 0.118 e. The van der Waals surface area contributed by atoms with E-state index in [9.17, 15) is 0 Å². The van der Waals surface area contributed by atoms with E-state index < -0.39 is 0 Å². The number of ether oxygens (including phenoxy) is 1. The number of nitrogens with two attached hydrogens (primary N) is 1. The molecule has 0 spiro atoms. The fourth-order valence-electron chi connectivity index (χ4n) is 3.55. The molecule has 2 nitrogen and oxygen atoms in total.